The van der Waals surface area contributed by atoms with Gasteiger partial charge in [0.25, 0.3) is 0 Å². The number of methoxy groups -OCH3 is 1. The van der Waals surface area contributed by atoms with Crippen LogP contribution in [0.3, 0.4) is 0 Å². The van der Waals surface area contributed by atoms with Gasteiger partial charge in [-0.1, -0.05) is 30.3 Å². The molecule has 0 bridgehead atoms. The van der Waals surface area contributed by atoms with Crippen LogP contribution in [0.4, 0.5) is 0 Å². The molecule has 1 aromatic carbocycles. The van der Waals surface area contributed by atoms with Crippen LogP contribution < -0.4 is 5.73 Å². The van der Waals surface area contributed by atoms with Crippen LogP contribution in [-0.2, 0) is 16.0 Å². The van der Waals surface area contributed by atoms with Gasteiger partial charge in [0.15, 0.2) is 0 Å². The van der Waals surface area contributed by atoms with Gasteiger partial charge < -0.3 is 10.5 Å². The van der Waals surface area contributed by atoms with Gasteiger partial charge in [-0.2, -0.15) is 0 Å². The monoisotopic (exact) mass is 270 g/mol. The highest BCUT2D eigenvalue weighted by atomic mass is 16.5. The second-order valence-electron chi connectivity index (χ2n) is 4.58. The molecular formula is C16H18N2O2. The van der Waals surface area contributed by atoms with Crippen molar-refractivity contribution in [3.8, 4) is 0 Å². The summed E-state index contributed by atoms with van der Waals surface area (Å²) in [6, 6.07) is 11.6. The Morgan fingerprint density at radius 2 is 2.00 bits per heavy atom. The molecule has 4 heteroatoms. The van der Waals surface area contributed by atoms with Gasteiger partial charge in [0.05, 0.1) is 13.2 Å². The number of rotatable bonds is 5. The van der Waals surface area contributed by atoms with Crippen molar-refractivity contribution in [2.45, 2.75) is 18.9 Å². The number of hydrogen-bond acceptors (Lipinski definition) is 4. The first-order chi connectivity index (χ1) is 9.70. The Morgan fingerprint density at radius 3 is 2.60 bits per heavy atom. The predicted molar refractivity (Wildman–Crippen MR) is 77.0 cm³/mol. The largest absolute Gasteiger partial charge is 0.469 e. The van der Waals surface area contributed by atoms with Gasteiger partial charge in [-0.15, -0.1) is 0 Å². The van der Waals surface area contributed by atoms with Gasteiger partial charge in [-0.05, 0) is 29.2 Å². The molecule has 1 unspecified atom stereocenters. The molecule has 0 saturated carbocycles. The third kappa shape index (κ3) is 3.65. The van der Waals surface area contributed by atoms with Crippen LogP contribution in [0.25, 0.3) is 0 Å². The van der Waals surface area contributed by atoms with Gasteiger partial charge in [0.2, 0.25) is 0 Å². The molecule has 0 aliphatic rings. The van der Waals surface area contributed by atoms with E-state index in [4.69, 9.17) is 5.73 Å². The maximum atomic E-state index is 11.1. The predicted octanol–water partition coefficient (Wildman–Crippen LogP) is 2.24. The Morgan fingerprint density at radius 1 is 1.25 bits per heavy atom. The maximum Gasteiger partial charge on any atom is 0.305 e. The summed E-state index contributed by atoms with van der Waals surface area (Å²) in [5.74, 6) is -0.193. The Bertz CT molecular complexity index is 552. The van der Waals surface area contributed by atoms with Crippen molar-refractivity contribution in [1.29, 1.82) is 0 Å². The molecule has 1 heterocycles. The topological polar surface area (TPSA) is 65.2 Å². The minimum Gasteiger partial charge on any atom is -0.469 e. The van der Waals surface area contributed by atoms with E-state index < -0.39 is 0 Å². The molecule has 104 valence electrons. The van der Waals surface area contributed by atoms with Gasteiger partial charge in [-0.3, -0.25) is 9.78 Å². The summed E-state index contributed by atoms with van der Waals surface area (Å²) in [7, 11) is 1.40. The van der Waals surface area contributed by atoms with Crippen LogP contribution in [0, 0.1) is 0 Å². The Labute approximate surface area is 118 Å². The third-order valence-electron chi connectivity index (χ3n) is 3.23. The number of esters is 1. The van der Waals surface area contributed by atoms with E-state index in [0.29, 0.717) is 12.8 Å². The molecule has 0 aliphatic carbocycles. The number of pyridine rings is 1. The lowest BCUT2D eigenvalue weighted by Gasteiger charge is -2.12. The highest BCUT2D eigenvalue weighted by Gasteiger charge is 2.09. The van der Waals surface area contributed by atoms with E-state index in [1.165, 1.54) is 7.11 Å². The zero-order valence-electron chi connectivity index (χ0n) is 11.5. The summed E-state index contributed by atoms with van der Waals surface area (Å²) in [6.45, 7) is 0. The number of ether oxygens (including phenoxy) is 1. The van der Waals surface area contributed by atoms with E-state index in [1.54, 1.807) is 12.4 Å². The first-order valence-corrected chi connectivity index (χ1v) is 6.52. The van der Waals surface area contributed by atoms with E-state index in [2.05, 4.69) is 9.72 Å². The number of benzene rings is 1. The summed E-state index contributed by atoms with van der Waals surface area (Å²) in [5, 5.41) is 0. The number of carbonyl (C=O) groups is 1. The molecule has 20 heavy (non-hydrogen) atoms. The fraction of sp³-hybridized carbons (Fsp3) is 0.250. The fourth-order valence-electron chi connectivity index (χ4n) is 1.99. The summed E-state index contributed by atoms with van der Waals surface area (Å²) >= 11 is 0. The molecule has 2 N–H and O–H groups in total. The number of carbonyl (C=O) groups excluding carboxylic acids is 1. The van der Waals surface area contributed by atoms with Crippen molar-refractivity contribution >= 4 is 5.97 Å². The Kier molecular flexibility index (Phi) is 4.85. The molecule has 2 rings (SSSR count). The van der Waals surface area contributed by atoms with Crippen LogP contribution in [0.1, 0.15) is 29.2 Å². The average molecular weight is 270 g/mol. The smallest absolute Gasteiger partial charge is 0.305 e. The normalized spacial score (nSPS) is 11.9. The molecule has 0 fully saturated rings. The molecule has 0 amide bonds. The zero-order chi connectivity index (χ0) is 14.4. The summed E-state index contributed by atoms with van der Waals surface area (Å²) < 4.78 is 4.63. The van der Waals surface area contributed by atoms with Gasteiger partial charge in [-0.25, -0.2) is 0 Å². The van der Waals surface area contributed by atoms with Gasteiger partial charge in [0, 0.05) is 18.8 Å². The lowest BCUT2D eigenvalue weighted by molar-refractivity contribution is -0.140. The Balaban J connectivity index is 2.03. The van der Waals surface area contributed by atoms with Crippen LogP contribution >= 0.6 is 0 Å². The molecule has 0 saturated heterocycles. The maximum absolute atomic E-state index is 11.1. The molecule has 1 aromatic heterocycles. The number of hydrogen-bond donors (Lipinski definition) is 1. The number of nitrogens with two attached hydrogens (primary N) is 1. The van der Waals surface area contributed by atoms with Crippen molar-refractivity contribution in [3.05, 3.63) is 65.5 Å². The Hall–Kier alpha value is -2.20. The van der Waals surface area contributed by atoms with Crippen molar-refractivity contribution in [2.24, 2.45) is 5.73 Å². The van der Waals surface area contributed by atoms with E-state index >= 15 is 0 Å². The minimum absolute atomic E-state index is 0.182. The fourth-order valence-corrected chi connectivity index (χ4v) is 1.99. The molecule has 0 spiro atoms. The van der Waals surface area contributed by atoms with Crippen molar-refractivity contribution in [1.82, 2.24) is 4.98 Å². The lowest BCUT2D eigenvalue weighted by atomic mass is 9.99. The van der Waals surface area contributed by atoms with Gasteiger partial charge in [0.1, 0.15) is 0 Å². The molecule has 1 atom stereocenters. The molecule has 4 nitrogen and oxygen atoms in total. The molecule has 2 aromatic rings. The molecular weight excluding hydrogens is 252 g/mol. The lowest BCUT2D eigenvalue weighted by Crippen LogP contribution is -2.12. The zero-order valence-corrected chi connectivity index (χ0v) is 11.5. The number of aryl methyl sites for hydroxylation is 1. The van der Waals surface area contributed by atoms with Crippen LogP contribution in [0.15, 0.2) is 48.8 Å². The minimum atomic E-state index is -0.193. The quantitative estimate of drug-likeness (QED) is 0.846. The van der Waals surface area contributed by atoms with E-state index in [1.807, 2.05) is 36.4 Å². The van der Waals surface area contributed by atoms with Gasteiger partial charge >= 0.3 is 5.97 Å². The first-order valence-electron chi connectivity index (χ1n) is 6.52. The van der Waals surface area contributed by atoms with Crippen LogP contribution in [0.5, 0.6) is 0 Å². The van der Waals surface area contributed by atoms with E-state index in [9.17, 15) is 4.79 Å². The van der Waals surface area contributed by atoms with Crippen molar-refractivity contribution in [3.63, 3.8) is 0 Å². The summed E-state index contributed by atoms with van der Waals surface area (Å²) in [6.07, 6.45) is 4.57. The highest BCUT2D eigenvalue weighted by Crippen LogP contribution is 2.19. The average Bonchev–Trinajstić information content (AvgIpc) is 2.53. The standard InChI is InChI=1S/C16H18N2O2/c1-20-15(19)9-6-12-4-7-13(8-5-12)16(17)14-3-2-10-18-11-14/h2-5,7-8,10-11,16H,6,9,17H2,1H3. The SMILES string of the molecule is COC(=O)CCc1ccc(C(N)c2cccnc2)cc1. The second-order valence-corrected chi connectivity index (χ2v) is 4.58. The van der Waals surface area contributed by atoms with Crippen LogP contribution in [-0.4, -0.2) is 18.1 Å². The van der Waals surface area contributed by atoms with Crippen molar-refractivity contribution < 1.29 is 9.53 Å². The second kappa shape index (κ2) is 6.82. The molecule has 0 radical (unpaired) electrons. The van der Waals surface area contributed by atoms with E-state index in [-0.39, 0.29) is 12.0 Å². The molecule has 0 aliphatic heterocycles. The van der Waals surface area contributed by atoms with Crippen molar-refractivity contribution in [2.75, 3.05) is 7.11 Å². The highest BCUT2D eigenvalue weighted by molar-refractivity contribution is 5.69. The third-order valence-corrected chi connectivity index (χ3v) is 3.23. The first kappa shape index (κ1) is 14.2. The summed E-state index contributed by atoms with van der Waals surface area (Å²) in [5.41, 5.74) is 9.30. The number of aromatic nitrogens is 1. The van der Waals surface area contributed by atoms with E-state index in [0.717, 1.165) is 16.7 Å². The summed E-state index contributed by atoms with van der Waals surface area (Å²) in [4.78, 5) is 15.2. The number of nitrogens with zero attached hydrogens (tertiary/aromatic N) is 1. The van der Waals surface area contributed by atoms with Crippen LogP contribution in [0.2, 0.25) is 0 Å².